The van der Waals surface area contributed by atoms with Crippen molar-refractivity contribution in [1.82, 2.24) is 9.66 Å². The van der Waals surface area contributed by atoms with Gasteiger partial charge in [-0.2, -0.15) is 0 Å². The highest BCUT2D eigenvalue weighted by Gasteiger charge is 2.30. The molecule has 0 saturated heterocycles. The molecule has 3 aromatic rings. The molecule has 3 rings (SSSR count). The molecular weight excluding hydrogens is 341 g/mol. The van der Waals surface area contributed by atoms with Crippen LogP contribution in [-0.2, 0) is 0 Å². The first-order valence-corrected chi connectivity index (χ1v) is 7.17. The first-order valence-electron chi connectivity index (χ1n) is 6.77. The van der Waals surface area contributed by atoms with Crippen LogP contribution in [0, 0.1) is 0 Å². The van der Waals surface area contributed by atoms with Gasteiger partial charge in [-0.15, -0.1) is 13.2 Å². The van der Waals surface area contributed by atoms with Gasteiger partial charge < -0.3 is 10.1 Å². The van der Waals surface area contributed by atoms with Gasteiger partial charge in [-0.1, -0.05) is 12.1 Å². The third kappa shape index (κ3) is 3.93. The maximum Gasteiger partial charge on any atom is 0.573 e. The van der Waals surface area contributed by atoms with Crippen LogP contribution in [0.2, 0.25) is 0 Å². The second-order valence-electron chi connectivity index (χ2n) is 4.74. The van der Waals surface area contributed by atoms with Gasteiger partial charge in [-0.25, -0.2) is 9.66 Å². The van der Waals surface area contributed by atoms with Crippen LogP contribution in [-0.4, -0.2) is 21.1 Å². The summed E-state index contributed by atoms with van der Waals surface area (Å²) in [7, 11) is 0. The van der Waals surface area contributed by atoms with Crippen LogP contribution in [0.25, 0.3) is 11.0 Å². The van der Waals surface area contributed by atoms with Crippen molar-refractivity contribution < 1.29 is 17.9 Å². The highest BCUT2D eigenvalue weighted by atomic mass is 32.1. The Bertz CT molecular complexity index is 861. The molecule has 0 aliphatic rings. The minimum absolute atomic E-state index is 0.266. The Morgan fingerprint density at radius 1 is 1.08 bits per heavy atom. The number of benzene rings is 2. The van der Waals surface area contributed by atoms with Gasteiger partial charge in [0.2, 0.25) is 0 Å². The Morgan fingerprint density at radius 3 is 2.50 bits per heavy atom. The number of para-hydroxylation sites is 2. The summed E-state index contributed by atoms with van der Waals surface area (Å²) in [5.41, 5.74) is 5.10. The van der Waals surface area contributed by atoms with E-state index >= 15 is 0 Å². The summed E-state index contributed by atoms with van der Waals surface area (Å²) >= 11 is 5.19. The van der Waals surface area contributed by atoms with Crippen molar-refractivity contribution in [2.24, 2.45) is 0 Å². The average molecular weight is 352 g/mol. The number of alkyl halides is 3. The summed E-state index contributed by atoms with van der Waals surface area (Å²) in [6.45, 7) is 0. The van der Waals surface area contributed by atoms with Crippen molar-refractivity contribution in [2.45, 2.75) is 6.36 Å². The van der Waals surface area contributed by atoms with Gasteiger partial charge in [0.1, 0.15) is 12.1 Å². The quantitative estimate of drug-likeness (QED) is 0.701. The van der Waals surface area contributed by atoms with Crippen LogP contribution < -0.4 is 15.5 Å². The molecule has 0 unspecified atom stereocenters. The van der Waals surface area contributed by atoms with E-state index in [-0.39, 0.29) is 10.9 Å². The zero-order valence-corrected chi connectivity index (χ0v) is 12.9. The summed E-state index contributed by atoms with van der Waals surface area (Å²) in [5.74, 6) is -0.299. The van der Waals surface area contributed by atoms with Crippen LogP contribution in [0.5, 0.6) is 5.75 Å². The van der Waals surface area contributed by atoms with Crippen LogP contribution >= 0.6 is 12.2 Å². The fourth-order valence-corrected chi connectivity index (χ4v) is 2.27. The van der Waals surface area contributed by atoms with Gasteiger partial charge in [0.15, 0.2) is 5.11 Å². The van der Waals surface area contributed by atoms with Gasteiger partial charge in [0.05, 0.1) is 11.0 Å². The largest absolute Gasteiger partial charge is 0.573 e. The van der Waals surface area contributed by atoms with E-state index in [9.17, 15) is 13.2 Å². The number of fused-ring (bicyclic) bond motifs is 1. The summed E-state index contributed by atoms with van der Waals surface area (Å²) in [5, 5.41) is 3.14. The van der Waals surface area contributed by atoms with Crippen LogP contribution in [0.15, 0.2) is 54.9 Å². The van der Waals surface area contributed by atoms with Crippen LogP contribution in [0.4, 0.5) is 18.9 Å². The summed E-state index contributed by atoms with van der Waals surface area (Å²) in [4.78, 5) is 4.21. The second-order valence-corrected chi connectivity index (χ2v) is 5.15. The molecule has 0 aliphatic heterocycles. The van der Waals surface area contributed by atoms with E-state index in [1.54, 1.807) is 11.0 Å². The molecule has 0 spiro atoms. The van der Waals surface area contributed by atoms with Crippen molar-refractivity contribution in [3.05, 3.63) is 54.9 Å². The monoisotopic (exact) mass is 352 g/mol. The number of halogens is 3. The number of anilines is 1. The number of imidazole rings is 1. The third-order valence-electron chi connectivity index (χ3n) is 3.02. The van der Waals surface area contributed by atoms with Gasteiger partial charge in [-0.05, 0) is 48.6 Å². The fourth-order valence-electron chi connectivity index (χ4n) is 2.06. The van der Waals surface area contributed by atoms with Gasteiger partial charge in [0, 0.05) is 5.69 Å². The number of hydrogen-bond acceptors (Lipinski definition) is 3. The molecule has 0 bridgehead atoms. The Morgan fingerprint density at radius 2 is 1.79 bits per heavy atom. The molecule has 5 nitrogen and oxygen atoms in total. The van der Waals surface area contributed by atoms with Crippen molar-refractivity contribution in [3.8, 4) is 5.75 Å². The van der Waals surface area contributed by atoms with Crippen molar-refractivity contribution >= 4 is 34.1 Å². The zero-order chi connectivity index (χ0) is 17.2. The minimum atomic E-state index is -4.71. The van der Waals surface area contributed by atoms with E-state index < -0.39 is 6.36 Å². The summed E-state index contributed by atoms with van der Waals surface area (Å²) in [6.07, 6.45) is -3.13. The Kier molecular flexibility index (Phi) is 4.26. The van der Waals surface area contributed by atoms with Crippen LogP contribution in [0.3, 0.4) is 0 Å². The lowest BCUT2D eigenvalue weighted by molar-refractivity contribution is -0.274. The SMILES string of the molecule is FC(F)(F)Oc1ccc(NC(=S)Nn2cnc3ccccc32)cc1. The van der Waals surface area contributed by atoms with Crippen LogP contribution in [0.1, 0.15) is 0 Å². The molecule has 124 valence electrons. The van der Waals surface area contributed by atoms with E-state index in [0.29, 0.717) is 5.69 Å². The molecule has 0 radical (unpaired) electrons. The normalized spacial score (nSPS) is 11.3. The molecule has 2 aromatic carbocycles. The number of rotatable bonds is 3. The first kappa shape index (κ1) is 16.1. The second kappa shape index (κ2) is 6.36. The van der Waals surface area contributed by atoms with E-state index in [2.05, 4.69) is 20.5 Å². The molecule has 0 fully saturated rings. The molecule has 2 N–H and O–H groups in total. The standard InChI is InChI=1S/C15H11F3N4OS/c16-15(17,18)23-11-7-5-10(6-8-11)20-14(24)21-22-9-19-12-3-1-2-4-13(12)22/h1-9H,(H2,20,21,24). The van der Waals surface area contributed by atoms with E-state index in [1.165, 1.54) is 24.3 Å². The van der Waals surface area contributed by atoms with Crippen molar-refractivity contribution in [1.29, 1.82) is 0 Å². The average Bonchev–Trinajstić information content (AvgIpc) is 2.91. The Hall–Kier alpha value is -2.81. The fraction of sp³-hybridized carbons (Fsp3) is 0.0667. The summed E-state index contributed by atoms with van der Waals surface area (Å²) in [6, 6.07) is 12.8. The third-order valence-corrected chi connectivity index (χ3v) is 3.21. The summed E-state index contributed by atoms with van der Waals surface area (Å²) < 4.78 is 41.8. The predicted octanol–water partition coefficient (Wildman–Crippen LogP) is 3.88. The minimum Gasteiger partial charge on any atom is -0.406 e. The number of hydrogen-bond donors (Lipinski definition) is 2. The maximum absolute atomic E-state index is 12.1. The number of nitrogens with one attached hydrogen (secondary N) is 2. The molecule has 24 heavy (non-hydrogen) atoms. The molecule has 0 atom stereocenters. The van der Waals surface area contributed by atoms with Crippen molar-refractivity contribution in [2.75, 3.05) is 10.7 Å². The molecule has 9 heteroatoms. The van der Waals surface area contributed by atoms with Gasteiger partial charge >= 0.3 is 6.36 Å². The van der Waals surface area contributed by atoms with Crippen molar-refractivity contribution in [3.63, 3.8) is 0 Å². The number of thiocarbonyl (C=S) groups is 1. The number of nitrogens with zero attached hydrogens (tertiary/aromatic N) is 2. The zero-order valence-electron chi connectivity index (χ0n) is 12.0. The predicted molar refractivity (Wildman–Crippen MR) is 88.4 cm³/mol. The Labute approximate surface area is 140 Å². The first-order chi connectivity index (χ1) is 11.4. The van der Waals surface area contributed by atoms with Gasteiger partial charge in [0.25, 0.3) is 0 Å². The molecular formula is C15H11F3N4OS. The highest BCUT2D eigenvalue weighted by Crippen LogP contribution is 2.23. The smallest absolute Gasteiger partial charge is 0.406 e. The number of ether oxygens (including phenoxy) is 1. The molecule has 0 amide bonds. The van der Waals surface area contributed by atoms with E-state index in [0.717, 1.165) is 11.0 Å². The van der Waals surface area contributed by atoms with E-state index in [1.807, 2.05) is 24.3 Å². The Balaban J connectivity index is 1.64. The molecule has 1 aromatic heterocycles. The lowest BCUT2D eigenvalue weighted by atomic mass is 10.3. The molecule has 0 aliphatic carbocycles. The molecule has 1 heterocycles. The number of aromatic nitrogens is 2. The lowest BCUT2D eigenvalue weighted by Crippen LogP contribution is -2.26. The highest BCUT2D eigenvalue weighted by molar-refractivity contribution is 7.80. The van der Waals surface area contributed by atoms with Gasteiger partial charge in [-0.3, -0.25) is 5.43 Å². The van der Waals surface area contributed by atoms with E-state index in [4.69, 9.17) is 12.2 Å². The topological polar surface area (TPSA) is 51.1 Å². The molecule has 0 saturated carbocycles. The maximum atomic E-state index is 12.1. The lowest BCUT2D eigenvalue weighted by Gasteiger charge is -2.13.